The van der Waals surface area contributed by atoms with Crippen LogP contribution in [0.1, 0.15) is 11.1 Å². The molecule has 1 aliphatic heterocycles. The number of imide groups is 1. The van der Waals surface area contributed by atoms with E-state index < -0.39 is 17.1 Å². The van der Waals surface area contributed by atoms with Crippen molar-refractivity contribution in [3.8, 4) is 5.75 Å². The normalized spacial score (nSPS) is 15.3. The lowest BCUT2D eigenvalue weighted by molar-refractivity contribution is -0.129. The first-order chi connectivity index (χ1) is 13.1. The molecule has 2 aromatic carbocycles. The molecule has 2 aromatic rings. The van der Waals surface area contributed by atoms with E-state index in [0.29, 0.717) is 11.4 Å². The third-order valence-electron chi connectivity index (χ3n) is 3.92. The van der Waals surface area contributed by atoms with Gasteiger partial charge in [-0.2, -0.15) is 0 Å². The van der Waals surface area contributed by atoms with Crippen molar-refractivity contribution in [3.05, 3.63) is 70.6 Å². The van der Waals surface area contributed by atoms with E-state index in [4.69, 9.17) is 4.74 Å². The predicted octanol–water partition coefficient (Wildman–Crippen LogP) is 3.05. The molecule has 138 valence electrons. The Kier molecular flexibility index (Phi) is 5.93. The average molecular weight is 382 g/mol. The molecule has 1 aliphatic rings. The number of methoxy groups -OCH3 is 1. The quantitative estimate of drug-likeness (QED) is 0.777. The van der Waals surface area contributed by atoms with Gasteiger partial charge in [-0.25, -0.2) is 0 Å². The second kappa shape index (κ2) is 8.55. The van der Waals surface area contributed by atoms with Crippen LogP contribution in [0.4, 0.5) is 4.79 Å². The van der Waals surface area contributed by atoms with Gasteiger partial charge in [-0.3, -0.25) is 19.3 Å². The smallest absolute Gasteiger partial charge is 0.294 e. The fourth-order valence-corrected chi connectivity index (χ4v) is 3.32. The Balaban J connectivity index is 1.58. The van der Waals surface area contributed by atoms with Gasteiger partial charge in [0.2, 0.25) is 5.91 Å². The minimum atomic E-state index is -0.451. The molecule has 0 bridgehead atoms. The summed E-state index contributed by atoms with van der Waals surface area (Å²) in [6.45, 7) is 0.00581. The summed E-state index contributed by atoms with van der Waals surface area (Å²) < 4.78 is 5.08. The number of ether oxygens (including phenoxy) is 1. The molecule has 6 nitrogen and oxygen atoms in total. The Bertz CT molecular complexity index is 879. The van der Waals surface area contributed by atoms with Gasteiger partial charge in [-0.05, 0) is 41.1 Å². The zero-order valence-electron chi connectivity index (χ0n) is 14.7. The van der Waals surface area contributed by atoms with Crippen molar-refractivity contribution in [2.75, 3.05) is 13.7 Å². The van der Waals surface area contributed by atoms with Crippen LogP contribution < -0.4 is 10.1 Å². The number of nitrogens with one attached hydrogen (secondary N) is 1. The Hall–Kier alpha value is -3.06. The summed E-state index contributed by atoms with van der Waals surface area (Å²) >= 11 is 0.842. The van der Waals surface area contributed by atoms with Gasteiger partial charge in [0.1, 0.15) is 12.3 Å². The van der Waals surface area contributed by atoms with E-state index in [1.807, 2.05) is 42.5 Å². The fourth-order valence-electron chi connectivity index (χ4n) is 2.48. The molecule has 0 unspecified atom stereocenters. The van der Waals surface area contributed by atoms with Crippen molar-refractivity contribution in [2.45, 2.75) is 6.54 Å². The molecule has 1 saturated heterocycles. The summed E-state index contributed by atoms with van der Waals surface area (Å²) in [5.74, 6) is -0.115. The summed E-state index contributed by atoms with van der Waals surface area (Å²) in [5, 5.41) is 2.27. The van der Waals surface area contributed by atoms with Gasteiger partial charge in [-0.15, -0.1) is 0 Å². The lowest BCUT2D eigenvalue weighted by Crippen LogP contribution is -2.39. The van der Waals surface area contributed by atoms with Crippen LogP contribution >= 0.6 is 11.8 Å². The first-order valence-electron chi connectivity index (χ1n) is 8.27. The monoisotopic (exact) mass is 382 g/mol. The van der Waals surface area contributed by atoms with Gasteiger partial charge in [0, 0.05) is 6.54 Å². The number of benzene rings is 2. The van der Waals surface area contributed by atoms with E-state index in [0.717, 1.165) is 33.5 Å². The molecule has 27 heavy (non-hydrogen) atoms. The number of rotatable bonds is 6. The number of thioether (sulfide) groups is 1. The molecule has 0 saturated carbocycles. The van der Waals surface area contributed by atoms with Crippen LogP contribution in [0, 0.1) is 0 Å². The van der Waals surface area contributed by atoms with Crippen molar-refractivity contribution < 1.29 is 19.1 Å². The highest BCUT2D eigenvalue weighted by atomic mass is 32.2. The highest BCUT2D eigenvalue weighted by Crippen LogP contribution is 2.31. The summed E-state index contributed by atoms with van der Waals surface area (Å²) in [5.41, 5.74) is 1.72. The van der Waals surface area contributed by atoms with Crippen molar-refractivity contribution in [1.82, 2.24) is 10.2 Å². The van der Waals surface area contributed by atoms with Gasteiger partial charge < -0.3 is 10.1 Å². The Morgan fingerprint density at radius 3 is 2.48 bits per heavy atom. The molecule has 1 N–H and O–H groups in total. The fraction of sp³-hybridized carbons (Fsp3) is 0.150. The Labute approximate surface area is 161 Å². The lowest BCUT2D eigenvalue weighted by atomic mass is 10.2. The molecule has 3 rings (SSSR count). The van der Waals surface area contributed by atoms with Crippen molar-refractivity contribution in [3.63, 3.8) is 0 Å². The second-order valence-corrected chi connectivity index (χ2v) is 6.80. The molecule has 0 aliphatic carbocycles. The molecule has 1 heterocycles. The maximum absolute atomic E-state index is 12.4. The van der Waals surface area contributed by atoms with Crippen LogP contribution in [-0.2, 0) is 16.1 Å². The molecule has 1 fully saturated rings. The minimum Gasteiger partial charge on any atom is -0.497 e. The van der Waals surface area contributed by atoms with Crippen LogP contribution in [0.15, 0.2) is 59.5 Å². The number of nitrogens with zero attached hydrogens (tertiary/aromatic N) is 1. The van der Waals surface area contributed by atoms with Gasteiger partial charge in [0.25, 0.3) is 11.1 Å². The largest absolute Gasteiger partial charge is 0.497 e. The number of hydrogen-bond acceptors (Lipinski definition) is 5. The number of carbonyl (C=O) groups excluding carboxylic acids is 3. The Morgan fingerprint density at radius 2 is 1.81 bits per heavy atom. The van der Waals surface area contributed by atoms with E-state index in [1.165, 1.54) is 0 Å². The van der Waals surface area contributed by atoms with Crippen LogP contribution in [-0.4, -0.2) is 35.6 Å². The van der Waals surface area contributed by atoms with Crippen LogP contribution in [0.5, 0.6) is 5.75 Å². The molecule has 3 amide bonds. The molecule has 0 atom stereocenters. The zero-order chi connectivity index (χ0) is 19.2. The molecule has 0 aromatic heterocycles. The number of amides is 3. The molecule has 0 spiro atoms. The first kappa shape index (κ1) is 18.7. The zero-order valence-corrected chi connectivity index (χ0v) is 15.5. The van der Waals surface area contributed by atoms with Crippen molar-refractivity contribution >= 4 is 34.9 Å². The summed E-state index contributed by atoms with van der Waals surface area (Å²) in [4.78, 5) is 37.9. The van der Waals surface area contributed by atoms with Gasteiger partial charge in [0.05, 0.1) is 12.0 Å². The van der Waals surface area contributed by atoms with Gasteiger partial charge in [0.15, 0.2) is 0 Å². The highest BCUT2D eigenvalue weighted by Gasteiger charge is 2.36. The maximum Gasteiger partial charge on any atom is 0.294 e. The van der Waals surface area contributed by atoms with E-state index in [-0.39, 0.29) is 6.54 Å². The van der Waals surface area contributed by atoms with E-state index in [9.17, 15) is 14.4 Å². The van der Waals surface area contributed by atoms with Crippen LogP contribution in [0.25, 0.3) is 6.08 Å². The summed E-state index contributed by atoms with van der Waals surface area (Å²) in [6.07, 6.45) is 1.65. The van der Waals surface area contributed by atoms with E-state index in [1.54, 1.807) is 25.3 Å². The molecule has 7 heteroatoms. The average Bonchev–Trinajstić information content (AvgIpc) is 2.95. The molecular weight excluding hydrogens is 364 g/mol. The topological polar surface area (TPSA) is 75.7 Å². The van der Waals surface area contributed by atoms with Crippen LogP contribution in [0.2, 0.25) is 0 Å². The van der Waals surface area contributed by atoms with E-state index >= 15 is 0 Å². The molecule has 0 radical (unpaired) electrons. The SMILES string of the molecule is COc1ccc(CNC(=O)CN2C(=O)S/C(=C\c3ccccc3)C2=O)cc1. The van der Waals surface area contributed by atoms with Gasteiger partial charge in [-0.1, -0.05) is 42.5 Å². The maximum atomic E-state index is 12.4. The van der Waals surface area contributed by atoms with E-state index in [2.05, 4.69) is 5.32 Å². The van der Waals surface area contributed by atoms with Gasteiger partial charge >= 0.3 is 0 Å². The second-order valence-electron chi connectivity index (χ2n) is 5.80. The van der Waals surface area contributed by atoms with Crippen molar-refractivity contribution in [2.24, 2.45) is 0 Å². The highest BCUT2D eigenvalue weighted by molar-refractivity contribution is 8.18. The summed E-state index contributed by atoms with van der Waals surface area (Å²) in [6, 6.07) is 16.5. The Morgan fingerprint density at radius 1 is 1.11 bits per heavy atom. The molecular formula is C20H18N2O4S. The number of hydrogen-bond donors (Lipinski definition) is 1. The summed E-state index contributed by atoms with van der Waals surface area (Å²) in [7, 11) is 1.58. The predicted molar refractivity (Wildman–Crippen MR) is 104 cm³/mol. The third-order valence-corrected chi connectivity index (χ3v) is 4.83. The number of carbonyl (C=O) groups is 3. The van der Waals surface area contributed by atoms with Crippen molar-refractivity contribution in [1.29, 1.82) is 0 Å². The van der Waals surface area contributed by atoms with Crippen LogP contribution in [0.3, 0.4) is 0 Å². The third kappa shape index (κ3) is 4.77. The lowest BCUT2D eigenvalue weighted by Gasteiger charge is -2.12. The first-order valence-corrected chi connectivity index (χ1v) is 9.08. The standard InChI is InChI=1S/C20H18N2O4S/c1-26-16-9-7-15(8-10-16)12-21-18(23)13-22-19(24)17(27-20(22)25)11-14-5-3-2-4-6-14/h2-11H,12-13H2,1H3,(H,21,23)/b17-11-. The minimum absolute atomic E-state index is 0.299.